The predicted octanol–water partition coefficient (Wildman–Crippen LogP) is 4.70. The summed E-state index contributed by atoms with van der Waals surface area (Å²) in [5.74, 6) is 0.409. The Morgan fingerprint density at radius 2 is 1.60 bits per heavy atom. The number of nitrogens with zero attached hydrogens (tertiary/aromatic N) is 1. The second-order valence-corrected chi connectivity index (χ2v) is 7.21. The van der Waals surface area contributed by atoms with Gasteiger partial charge in [-0.05, 0) is 86.9 Å². The van der Waals surface area contributed by atoms with Crippen LogP contribution >= 0.6 is 0 Å². The highest BCUT2D eigenvalue weighted by atomic mass is 15.1. The Labute approximate surface area is 153 Å². The molecule has 1 aliphatic rings. The molecule has 0 aliphatic heterocycles. The minimum Gasteiger partial charge on any atom is -0.372 e. The molecule has 2 aromatic carbocycles. The van der Waals surface area contributed by atoms with Gasteiger partial charge in [-0.2, -0.15) is 0 Å². The second kappa shape index (κ2) is 8.53. The van der Waals surface area contributed by atoms with Crippen molar-refractivity contribution in [2.75, 3.05) is 24.5 Å². The van der Waals surface area contributed by atoms with Crippen molar-refractivity contribution >= 4 is 5.69 Å². The van der Waals surface area contributed by atoms with Crippen LogP contribution in [0.4, 0.5) is 5.69 Å². The van der Waals surface area contributed by atoms with E-state index < -0.39 is 0 Å². The van der Waals surface area contributed by atoms with Gasteiger partial charge in [0.25, 0.3) is 0 Å². The molecule has 1 atom stereocenters. The van der Waals surface area contributed by atoms with E-state index in [9.17, 15) is 0 Å². The van der Waals surface area contributed by atoms with Crippen molar-refractivity contribution in [1.29, 1.82) is 0 Å². The summed E-state index contributed by atoms with van der Waals surface area (Å²) < 4.78 is 0. The van der Waals surface area contributed by atoms with Gasteiger partial charge in [-0.3, -0.25) is 0 Å². The molecule has 2 nitrogen and oxygen atoms in total. The third kappa shape index (κ3) is 4.24. The molecule has 0 saturated carbocycles. The Hall–Kier alpha value is -1.80. The molecule has 0 aromatic heterocycles. The first-order valence-corrected chi connectivity index (χ1v) is 9.90. The monoisotopic (exact) mass is 336 g/mol. The van der Waals surface area contributed by atoms with Gasteiger partial charge in [0, 0.05) is 24.7 Å². The standard InChI is InChI=1S/C23H32N2/c1-3-25(4-2)23-13-9-18(10-14-23)15-22(17-24)21-12-11-19-7-5-6-8-20(19)16-21/h9-14,16,22H,3-8,15,17,24H2,1-2H3. The van der Waals surface area contributed by atoms with Gasteiger partial charge in [-0.25, -0.2) is 0 Å². The zero-order valence-electron chi connectivity index (χ0n) is 15.8. The molecule has 134 valence electrons. The van der Waals surface area contributed by atoms with Gasteiger partial charge in [-0.1, -0.05) is 30.3 Å². The van der Waals surface area contributed by atoms with Crippen LogP contribution in [0.2, 0.25) is 0 Å². The highest BCUT2D eigenvalue weighted by molar-refractivity contribution is 5.47. The summed E-state index contributed by atoms with van der Waals surface area (Å²) in [5.41, 5.74) is 13.4. The Morgan fingerprint density at radius 3 is 2.24 bits per heavy atom. The molecule has 0 heterocycles. The fourth-order valence-corrected chi connectivity index (χ4v) is 4.06. The molecule has 0 saturated heterocycles. The maximum absolute atomic E-state index is 6.14. The van der Waals surface area contributed by atoms with Crippen LogP contribution in [-0.4, -0.2) is 19.6 Å². The normalized spacial score (nSPS) is 14.8. The third-order valence-electron chi connectivity index (χ3n) is 5.68. The molecule has 0 spiro atoms. The van der Waals surface area contributed by atoms with E-state index in [1.54, 1.807) is 11.1 Å². The maximum atomic E-state index is 6.14. The first-order valence-electron chi connectivity index (χ1n) is 9.90. The molecule has 1 aliphatic carbocycles. The number of anilines is 1. The number of nitrogens with two attached hydrogens (primary N) is 1. The number of fused-ring (bicyclic) bond motifs is 1. The molecule has 25 heavy (non-hydrogen) atoms. The molecule has 0 radical (unpaired) electrons. The number of benzene rings is 2. The zero-order chi connectivity index (χ0) is 17.6. The van der Waals surface area contributed by atoms with Crippen LogP contribution in [0.25, 0.3) is 0 Å². The van der Waals surface area contributed by atoms with E-state index >= 15 is 0 Å². The van der Waals surface area contributed by atoms with Crippen LogP contribution < -0.4 is 10.6 Å². The maximum Gasteiger partial charge on any atom is 0.0366 e. The van der Waals surface area contributed by atoms with Crippen LogP contribution in [-0.2, 0) is 19.3 Å². The van der Waals surface area contributed by atoms with Gasteiger partial charge in [0.2, 0.25) is 0 Å². The average molecular weight is 337 g/mol. The first kappa shape index (κ1) is 18.0. The van der Waals surface area contributed by atoms with Crippen molar-refractivity contribution in [2.24, 2.45) is 5.73 Å². The summed E-state index contributed by atoms with van der Waals surface area (Å²) in [7, 11) is 0. The summed E-state index contributed by atoms with van der Waals surface area (Å²) in [6.07, 6.45) is 6.17. The summed E-state index contributed by atoms with van der Waals surface area (Å²) in [6.45, 7) is 7.22. The predicted molar refractivity (Wildman–Crippen MR) is 109 cm³/mol. The lowest BCUT2D eigenvalue weighted by atomic mass is 9.85. The molecule has 3 rings (SSSR count). The summed E-state index contributed by atoms with van der Waals surface area (Å²) in [5, 5.41) is 0. The average Bonchev–Trinajstić information content (AvgIpc) is 2.68. The van der Waals surface area contributed by atoms with E-state index in [0.29, 0.717) is 12.5 Å². The summed E-state index contributed by atoms with van der Waals surface area (Å²) in [6, 6.07) is 16.1. The van der Waals surface area contributed by atoms with Gasteiger partial charge < -0.3 is 10.6 Å². The van der Waals surface area contributed by atoms with Crippen LogP contribution in [0, 0.1) is 0 Å². The van der Waals surface area contributed by atoms with E-state index in [2.05, 4.69) is 61.2 Å². The Kier molecular flexibility index (Phi) is 6.14. The van der Waals surface area contributed by atoms with E-state index in [1.165, 1.54) is 42.5 Å². The number of hydrogen-bond donors (Lipinski definition) is 1. The number of aryl methyl sites for hydroxylation is 2. The molecule has 2 heteroatoms. The van der Waals surface area contributed by atoms with Crippen LogP contribution in [0.1, 0.15) is 54.9 Å². The van der Waals surface area contributed by atoms with Crippen molar-refractivity contribution in [3.05, 3.63) is 64.7 Å². The molecule has 2 aromatic rings. The second-order valence-electron chi connectivity index (χ2n) is 7.21. The quantitative estimate of drug-likeness (QED) is 0.794. The number of hydrogen-bond acceptors (Lipinski definition) is 2. The van der Waals surface area contributed by atoms with Crippen molar-refractivity contribution in [1.82, 2.24) is 0 Å². The minimum absolute atomic E-state index is 0.409. The van der Waals surface area contributed by atoms with Gasteiger partial charge in [0.15, 0.2) is 0 Å². The van der Waals surface area contributed by atoms with Gasteiger partial charge >= 0.3 is 0 Å². The highest BCUT2D eigenvalue weighted by Gasteiger charge is 2.15. The van der Waals surface area contributed by atoms with Crippen LogP contribution in [0.5, 0.6) is 0 Å². The van der Waals surface area contributed by atoms with Crippen LogP contribution in [0.15, 0.2) is 42.5 Å². The lowest BCUT2D eigenvalue weighted by Gasteiger charge is -2.22. The van der Waals surface area contributed by atoms with Crippen molar-refractivity contribution < 1.29 is 0 Å². The number of rotatable bonds is 7. The smallest absolute Gasteiger partial charge is 0.0366 e. The fraction of sp³-hybridized carbons (Fsp3) is 0.478. The third-order valence-corrected chi connectivity index (χ3v) is 5.68. The van der Waals surface area contributed by atoms with Crippen molar-refractivity contribution in [3.63, 3.8) is 0 Å². The summed E-state index contributed by atoms with van der Waals surface area (Å²) in [4.78, 5) is 2.38. The topological polar surface area (TPSA) is 29.3 Å². The Morgan fingerprint density at radius 1 is 0.920 bits per heavy atom. The van der Waals surface area contributed by atoms with Crippen LogP contribution in [0.3, 0.4) is 0 Å². The fourth-order valence-electron chi connectivity index (χ4n) is 4.06. The largest absolute Gasteiger partial charge is 0.372 e. The van der Waals surface area contributed by atoms with Gasteiger partial charge in [0.1, 0.15) is 0 Å². The summed E-state index contributed by atoms with van der Waals surface area (Å²) >= 11 is 0. The van der Waals surface area contributed by atoms with Crippen molar-refractivity contribution in [2.45, 2.75) is 51.9 Å². The molecular weight excluding hydrogens is 304 g/mol. The van der Waals surface area contributed by atoms with Gasteiger partial charge in [0.05, 0.1) is 0 Å². The van der Waals surface area contributed by atoms with Gasteiger partial charge in [-0.15, -0.1) is 0 Å². The van der Waals surface area contributed by atoms with E-state index in [0.717, 1.165) is 19.5 Å². The molecule has 0 fully saturated rings. The Bertz CT molecular complexity index is 671. The Balaban J connectivity index is 1.74. The lowest BCUT2D eigenvalue weighted by molar-refractivity contribution is 0.668. The van der Waals surface area contributed by atoms with Crippen molar-refractivity contribution in [3.8, 4) is 0 Å². The lowest BCUT2D eigenvalue weighted by Crippen LogP contribution is -2.21. The first-order chi connectivity index (χ1) is 12.2. The minimum atomic E-state index is 0.409. The van der Waals surface area contributed by atoms with E-state index in [-0.39, 0.29) is 0 Å². The molecule has 0 bridgehead atoms. The van der Waals surface area contributed by atoms with E-state index in [4.69, 9.17) is 5.73 Å². The molecular formula is C23H32N2. The molecule has 2 N–H and O–H groups in total. The van der Waals surface area contributed by atoms with E-state index in [1.807, 2.05) is 0 Å². The molecule has 1 unspecified atom stereocenters. The highest BCUT2D eigenvalue weighted by Crippen LogP contribution is 2.27. The zero-order valence-corrected chi connectivity index (χ0v) is 15.8. The SMILES string of the molecule is CCN(CC)c1ccc(CC(CN)c2ccc3c(c2)CCCC3)cc1. The molecule has 0 amide bonds.